The summed E-state index contributed by atoms with van der Waals surface area (Å²) in [4.78, 5) is 33.1. The van der Waals surface area contributed by atoms with Gasteiger partial charge in [0.1, 0.15) is 11.6 Å². The Kier molecular flexibility index (Phi) is 8.09. The van der Waals surface area contributed by atoms with E-state index in [1.54, 1.807) is 0 Å². The average molecular weight is 546 g/mol. The van der Waals surface area contributed by atoms with Crippen LogP contribution in [-0.4, -0.2) is 76.6 Å². The zero-order chi connectivity index (χ0) is 28.5. The average Bonchev–Trinajstić information content (AvgIpc) is 3.30. The molecule has 0 aliphatic carbocycles. The van der Waals surface area contributed by atoms with Crippen LogP contribution in [0.1, 0.15) is 77.2 Å². The van der Waals surface area contributed by atoms with Gasteiger partial charge in [0.05, 0.1) is 12.2 Å². The summed E-state index contributed by atoms with van der Waals surface area (Å²) in [5, 5.41) is 4.44. The van der Waals surface area contributed by atoms with Crippen molar-refractivity contribution in [3.8, 4) is 0 Å². The molecule has 2 amide bonds. The normalized spacial score (nSPS) is 16.9. The van der Waals surface area contributed by atoms with Crippen LogP contribution in [-0.2, 0) is 23.8 Å². The number of carbonyl (C=O) groups excluding carboxylic acids is 1. The molecule has 1 aromatic carbocycles. The van der Waals surface area contributed by atoms with Gasteiger partial charge in [0, 0.05) is 72.8 Å². The van der Waals surface area contributed by atoms with Crippen LogP contribution in [0.25, 0.3) is 10.9 Å². The van der Waals surface area contributed by atoms with E-state index in [9.17, 15) is 4.79 Å². The van der Waals surface area contributed by atoms with E-state index >= 15 is 0 Å². The van der Waals surface area contributed by atoms with Crippen LogP contribution in [0.5, 0.6) is 0 Å². The molecule has 8 heteroatoms. The summed E-state index contributed by atoms with van der Waals surface area (Å²) in [7, 11) is 0. The number of aromatic nitrogens is 3. The van der Waals surface area contributed by atoms with Crippen LogP contribution in [0.15, 0.2) is 30.3 Å². The number of aromatic amines is 1. The van der Waals surface area contributed by atoms with Crippen molar-refractivity contribution in [2.24, 2.45) is 0 Å². The first kappa shape index (κ1) is 28.4. The SMILES string of the molecule is CC(C)(C)c1cc(N2CCN(CCCCNC(=O)N3CCc4c([nH]c5ccccc45)C3)CC2)nc(C(C)(C)C)n1. The summed E-state index contributed by atoms with van der Waals surface area (Å²) >= 11 is 0. The van der Waals surface area contributed by atoms with Crippen molar-refractivity contribution in [1.82, 2.24) is 30.1 Å². The second-order valence-corrected chi connectivity index (χ2v) is 13.5. The number of benzene rings is 1. The second-order valence-electron chi connectivity index (χ2n) is 13.5. The van der Waals surface area contributed by atoms with Gasteiger partial charge in [-0.25, -0.2) is 14.8 Å². The van der Waals surface area contributed by atoms with Gasteiger partial charge in [-0.3, -0.25) is 4.90 Å². The maximum absolute atomic E-state index is 12.8. The molecule has 1 saturated heterocycles. The van der Waals surface area contributed by atoms with Gasteiger partial charge in [-0.15, -0.1) is 0 Å². The van der Waals surface area contributed by atoms with E-state index in [1.807, 2.05) is 4.90 Å². The number of anilines is 1. The van der Waals surface area contributed by atoms with Gasteiger partial charge in [0.25, 0.3) is 0 Å². The fourth-order valence-electron chi connectivity index (χ4n) is 5.65. The molecule has 4 heterocycles. The number of hydrogen-bond acceptors (Lipinski definition) is 5. The third-order valence-corrected chi connectivity index (χ3v) is 8.20. The number of para-hydroxylation sites is 1. The number of amides is 2. The van der Waals surface area contributed by atoms with Crippen molar-refractivity contribution in [2.45, 2.75) is 78.2 Å². The lowest BCUT2D eigenvalue weighted by Crippen LogP contribution is -2.47. The Bertz CT molecular complexity index is 1290. The van der Waals surface area contributed by atoms with Gasteiger partial charge in [0.2, 0.25) is 0 Å². The molecular weight excluding hydrogens is 498 g/mol. The number of nitrogens with one attached hydrogen (secondary N) is 2. The highest BCUT2D eigenvalue weighted by molar-refractivity contribution is 5.85. The molecule has 0 radical (unpaired) electrons. The van der Waals surface area contributed by atoms with Crippen LogP contribution in [0.4, 0.5) is 10.6 Å². The van der Waals surface area contributed by atoms with Gasteiger partial charge in [-0.2, -0.15) is 0 Å². The first-order valence-corrected chi connectivity index (χ1v) is 15.0. The molecule has 2 aliphatic rings. The molecular formula is C32H47N7O. The second kappa shape index (κ2) is 11.4. The minimum Gasteiger partial charge on any atom is -0.357 e. The maximum Gasteiger partial charge on any atom is 0.317 e. The molecule has 3 aromatic rings. The Morgan fingerprint density at radius 1 is 0.950 bits per heavy atom. The Morgan fingerprint density at radius 3 is 2.42 bits per heavy atom. The third-order valence-electron chi connectivity index (χ3n) is 8.20. The number of carbonyl (C=O) groups is 1. The van der Waals surface area contributed by atoms with Crippen molar-refractivity contribution in [1.29, 1.82) is 0 Å². The molecule has 8 nitrogen and oxygen atoms in total. The first-order chi connectivity index (χ1) is 19.0. The molecule has 2 aromatic heterocycles. The van der Waals surface area contributed by atoms with E-state index in [0.29, 0.717) is 6.54 Å². The number of H-pyrrole nitrogens is 1. The molecule has 216 valence electrons. The minimum absolute atomic E-state index is 0.0115. The Balaban J connectivity index is 1.04. The lowest BCUT2D eigenvalue weighted by atomic mass is 9.90. The van der Waals surface area contributed by atoms with Gasteiger partial charge >= 0.3 is 6.03 Å². The minimum atomic E-state index is -0.0826. The number of rotatable bonds is 6. The van der Waals surface area contributed by atoms with Gasteiger partial charge in [-0.1, -0.05) is 59.7 Å². The number of nitrogens with zero attached hydrogens (tertiary/aromatic N) is 5. The fraction of sp³-hybridized carbons (Fsp3) is 0.594. The zero-order valence-corrected chi connectivity index (χ0v) is 25.3. The van der Waals surface area contributed by atoms with Crippen LogP contribution in [0.3, 0.4) is 0 Å². The molecule has 0 bridgehead atoms. The predicted octanol–water partition coefficient (Wildman–Crippen LogP) is 5.22. The smallest absolute Gasteiger partial charge is 0.317 e. The van der Waals surface area contributed by atoms with Gasteiger partial charge in [-0.05, 0) is 37.4 Å². The third kappa shape index (κ3) is 6.43. The number of piperazine rings is 1. The Hall–Kier alpha value is -3.13. The largest absolute Gasteiger partial charge is 0.357 e. The number of hydrogen-bond donors (Lipinski definition) is 2. The van der Waals surface area contributed by atoms with E-state index in [2.05, 4.69) is 92.0 Å². The van der Waals surface area contributed by atoms with Crippen molar-refractivity contribution in [3.05, 3.63) is 53.1 Å². The van der Waals surface area contributed by atoms with Crippen LogP contribution in [0, 0.1) is 0 Å². The number of unbranched alkanes of at least 4 members (excludes halogenated alkanes) is 1. The number of fused-ring (bicyclic) bond motifs is 3. The van der Waals surface area contributed by atoms with Gasteiger partial charge < -0.3 is 20.1 Å². The van der Waals surface area contributed by atoms with E-state index in [1.165, 1.54) is 16.6 Å². The number of urea groups is 1. The lowest BCUT2D eigenvalue weighted by molar-refractivity contribution is 0.191. The summed E-state index contributed by atoms with van der Waals surface area (Å²) < 4.78 is 0. The molecule has 1 fully saturated rings. The molecule has 2 aliphatic heterocycles. The molecule has 40 heavy (non-hydrogen) atoms. The van der Waals surface area contributed by atoms with E-state index < -0.39 is 0 Å². The molecule has 0 atom stereocenters. The topological polar surface area (TPSA) is 80.4 Å². The molecule has 0 spiro atoms. The lowest BCUT2D eigenvalue weighted by Gasteiger charge is -2.36. The summed E-state index contributed by atoms with van der Waals surface area (Å²) in [6.07, 6.45) is 2.98. The standard InChI is InChI=1S/C32H47N7O/c1-31(2,3)27-21-28(36-29(35-27)32(4,5)6)38-19-17-37(18-20-38)15-10-9-14-33-30(40)39-16-13-24-23-11-7-8-12-25(23)34-26(24)22-39/h7-8,11-12,21,34H,9-10,13-20,22H2,1-6H3,(H,33,40). The monoisotopic (exact) mass is 545 g/mol. The summed E-state index contributed by atoms with van der Waals surface area (Å²) in [6.45, 7) is 20.5. The summed E-state index contributed by atoms with van der Waals surface area (Å²) in [5.74, 6) is 1.98. The van der Waals surface area contributed by atoms with Crippen LogP contribution in [0.2, 0.25) is 0 Å². The first-order valence-electron chi connectivity index (χ1n) is 15.0. The maximum atomic E-state index is 12.8. The van der Waals surface area contributed by atoms with Crippen molar-refractivity contribution in [2.75, 3.05) is 50.7 Å². The molecule has 0 unspecified atom stereocenters. The quantitative estimate of drug-likeness (QED) is 0.415. The highest BCUT2D eigenvalue weighted by atomic mass is 16.2. The van der Waals surface area contributed by atoms with Gasteiger partial charge in [0.15, 0.2) is 0 Å². The molecule has 0 saturated carbocycles. The summed E-state index contributed by atoms with van der Waals surface area (Å²) in [5.41, 5.74) is 4.72. The summed E-state index contributed by atoms with van der Waals surface area (Å²) in [6, 6.07) is 10.7. The highest BCUT2D eigenvalue weighted by Gasteiger charge is 2.27. The molecule has 5 rings (SSSR count). The molecule has 2 N–H and O–H groups in total. The Labute approximate surface area is 239 Å². The van der Waals surface area contributed by atoms with Crippen molar-refractivity contribution < 1.29 is 4.79 Å². The Morgan fingerprint density at radius 2 is 1.70 bits per heavy atom. The van der Waals surface area contributed by atoms with E-state index in [-0.39, 0.29) is 16.9 Å². The van der Waals surface area contributed by atoms with Crippen LogP contribution >= 0.6 is 0 Å². The van der Waals surface area contributed by atoms with Crippen molar-refractivity contribution >= 4 is 22.8 Å². The van der Waals surface area contributed by atoms with E-state index in [4.69, 9.17) is 9.97 Å². The fourth-order valence-corrected chi connectivity index (χ4v) is 5.65. The predicted molar refractivity (Wildman–Crippen MR) is 163 cm³/mol. The van der Waals surface area contributed by atoms with E-state index in [0.717, 1.165) is 87.9 Å². The van der Waals surface area contributed by atoms with Crippen molar-refractivity contribution in [3.63, 3.8) is 0 Å². The van der Waals surface area contributed by atoms with Crippen LogP contribution < -0.4 is 10.2 Å². The zero-order valence-electron chi connectivity index (χ0n) is 25.3. The highest BCUT2D eigenvalue weighted by Crippen LogP contribution is 2.29.